The van der Waals surface area contributed by atoms with Gasteiger partial charge in [0.05, 0.1) is 32.3 Å². The summed E-state index contributed by atoms with van der Waals surface area (Å²) in [5.41, 5.74) is 1.32. The number of nitrogens with zero attached hydrogens (tertiary/aromatic N) is 3. The Morgan fingerprint density at radius 1 is 0.595 bits per heavy atom. The molecule has 5 rings (SSSR count). The molecule has 0 bridgehead atoms. The van der Waals surface area contributed by atoms with Gasteiger partial charge in [0.2, 0.25) is 0 Å². The number of para-hydroxylation sites is 1. The highest BCUT2D eigenvalue weighted by Crippen LogP contribution is 2.26. The van der Waals surface area contributed by atoms with Crippen LogP contribution >= 0.6 is 23.2 Å². The molecular formula is C28H21Cl2N3O4. The molecule has 0 radical (unpaired) electrons. The summed E-state index contributed by atoms with van der Waals surface area (Å²) < 4.78 is 1.34. The monoisotopic (exact) mass is 533 g/mol. The van der Waals surface area contributed by atoms with Gasteiger partial charge in [0.15, 0.2) is 0 Å². The van der Waals surface area contributed by atoms with Crippen molar-refractivity contribution in [2.45, 2.75) is 0 Å². The number of aromatic nitrogens is 1. The smallest absolute Gasteiger partial charge is 0.295 e. The number of benzene rings is 3. The lowest BCUT2D eigenvalue weighted by Gasteiger charge is -2.34. The Bertz CT molecular complexity index is 1550. The number of hydrogen-bond acceptors (Lipinski definition) is 4. The van der Waals surface area contributed by atoms with E-state index in [-0.39, 0.29) is 43.2 Å². The molecule has 0 unspecified atom stereocenters. The van der Waals surface area contributed by atoms with Crippen LogP contribution < -0.4 is 0 Å². The van der Waals surface area contributed by atoms with Crippen LogP contribution in [0.4, 0.5) is 0 Å². The Hall–Kier alpha value is -3.94. The van der Waals surface area contributed by atoms with Gasteiger partial charge in [0.1, 0.15) is 0 Å². The van der Waals surface area contributed by atoms with Gasteiger partial charge in [-0.1, -0.05) is 65.7 Å². The first-order chi connectivity index (χ1) is 17.9. The predicted molar refractivity (Wildman–Crippen MR) is 141 cm³/mol. The van der Waals surface area contributed by atoms with E-state index in [1.165, 1.54) is 15.7 Å². The number of ketones is 1. The summed E-state index contributed by atoms with van der Waals surface area (Å²) in [6.45, 7) is 0.960. The second-order valence-corrected chi connectivity index (χ2v) is 9.42. The second kappa shape index (κ2) is 10.2. The van der Waals surface area contributed by atoms with Crippen molar-refractivity contribution >= 4 is 57.6 Å². The van der Waals surface area contributed by atoms with Crippen molar-refractivity contribution in [1.29, 1.82) is 0 Å². The van der Waals surface area contributed by atoms with Crippen LogP contribution in [-0.4, -0.2) is 64.1 Å². The fourth-order valence-electron chi connectivity index (χ4n) is 4.47. The van der Waals surface area contributed by atoms with Crippen molar-refractivity contribution in [1.82, 2.24) is 14.4 Å². The normalized spacial score (nSPS) is 13.6. The van der Waals surface area contributed by atoms with Crippen molar-refractivity contribution in [2.24, 2.45) is 0 Å². The van der Waals surface area contributed by atoms with Crippen LogP contribution in [0.15, 0.2) is 79.0 Å². The van der Waals surface area contributed by atoms with Crippen LogP contribution in [-0.2, 0) is 4.79 Å². The first-order valence-electron chi connectivity index (χ1n) is 11.6. The minimum absolute atomic E-state index is 0.135. The van der Waals surface area contributed by atoms with Crippen LogP contribution in [0.5, 0.6) is 0 Å². The second-order valence-electron chi connectivity index (χ2n) is 8.61. The molecule has 2 heterocycles. The number of amides is 2. The molecule has 7 nitrogen and oxygen atoms in total. The standard InChI is InChI=1S/C28H21Cl2N3O4/c29-22-10-4-1-8-19(22)26(35)31-13-15-32(16-14-31)28(37)25(34)21-17-33(24-12-6-3-7-18(21)24)27(36)20-9-2-5-11-23(20)30/h1-12,17H,13-16H2. The molecule has 3 aromatic carbocycles. The third kappa shape index (κ3) is 4.63. The molecular weight excluding hydrogens is 513 g/mol. The van der Waals surface area contributed by atoms with Crippen LogP contribution in [0, 0.1) is 0 Å². The van der Waals surface area contributed by atoms with E-state index < -0.39 is 17.6 Å². The number of fused-ring (bicyclic) bond motifs is 1. The van der Waals surface area contributed by atoms with E-state index in [4.69, 9.17) is 23.2 Å². The Morgan fingerprint density at radius 3 is 1.73 bits per heavy atom. The molecule has 1 aromatic heterocycles. The minimum Gasteiger partial charge on any atom is -0.335 e. The molecule has 0 N–H and O–H groups in total. The summed E-state index contributed by atoms with van der Waals surface area (Å²) in [5.74, 6) is -2.02. The number of piperazine rings is 1. The van der Waals surface area contributed by atoms with E-state index in [1.807, 2.05) is 0 Å². The van der Waals surface area contributed by atoms with E-state index >= 15 is 0 Å². The molecule has 9 heteroatoms. The number of Topliss-reactive ketones (excluding diaryl/α,β-unsaturated/α-hetero) is 1. The number of carbonyl (C=O) groups is 4. The number of carbonyl (C=O) groups excluding carboxylic acids is 4. The molecule has 1 aliphatic heterocycles. The summed E-state index contributed by atoms with van der Waals surface area (Å²) in [6, 6.07) is 20.4. The molecule has 0 spiro atoms. The van der Waals surface area contributed by atoms with Gasteiger partial charge in [-0.05, 0) is 30.3 Å². The Morgan fingerprint density at radius 2 is 1.11 bits per heavy atom. The summed E-state index contributed by atoms with van der Waals surface area (Å²) in [5, 5.41) is 1.15. The highest BCUT2D eigenvalue weighted by Gasteiger charge is 2.31. The molecule has 1 fully saturated rings. The maximum absolute atomic E-state index is 13.3. The van der Waals surface area contributed by atoms with E-state index in [0.717, 1.165) is 0 Å². The molecule has 186 valence electrons. The van der Waals surface area contributed by atoms with E-state index in [1.54, 1.807) is 77.7 Å². The predicted octanol–water partition coefficient (Wildman–Crippen LogP) is 4.80. The lowest BCUT2D eigenvalue weighted by molar-refractivity contribution is -0.127. The van der Waals surface area contributed by atoms with Crippen LogP contribution in [0.25, 0.3) is 10.9 Å². The number of halogens is 2. The highest BCUT2D eigenvalue weighted by molar-refractivity contribution is 6.45. The molecule has 2 amide bonds. The summed E-state index contributed by atoms with van der Waals surface area (Å²) in [4.78, 5) is 55.7. The van der Waals surface area contributed by atoms with Crippen LogP contribution in [0.2, 0.25) is 10.0 Å². The zero-order chi connectivity index (χ0) is 26.1. The van der Waals surface area contributed by atoms with Crippen molar-refractivity contribution < 1.29 is 19.2 Å². The van der Waals surface area contributed by atoms with Crippen molar-refractivity contribution in [3.05, 3.63) is 106 Å². The van der Waals surface area contributed by atoms with Gasteiger partial charge >= 0.3 is 0 Å². The summed E-state index contributed by atoms with van der Waals surface area (Å²) in [6.07, 6.45) is 1.40. The van der Waals surface area contributed by atoms with E-state index in [2.05, 4.69) is 0 Å². The fourth-order valence-corrected chi connectivity index (χ4v) is 4.90. The summed E-state index contributed by atoms with van der Waals surface area (Å²) in [7, 11) is 0. The molecule has 1 aliphatic rings. The lowest BCUT2D eigenvalue weighted by Crippen LogP contribution is -2.52. The van der Waals surface area contributed by atoms with Gasteiger partial charge in [-0.15, -0.1) is 0 Å². The first-order valence-corrected chi connectivity index (χ1v) is 12.4. The molecule has 1 saturated heterocycles. The van der Waals surface area contributed by atoms with Gasteiger partial charge in [-0.25, -0.2) is 0 Å². The maximum Gasteiger partial charge on any atom is 0.295 e. The largest absolute Gasteiger partial charge is 0.335 e. The highest BCUT2D eigenvalue weighted by atomic mass is 35.5. The Kier molecular flexibility index (Phi) is 6.82. The Labute approximate surface area is 222 Å². The minimum atomic E-state index is -0.715. The molecule has 37 heavy (non-hydrogen) atoms. The van der Waals surface area contributed by atoms with Crippen LogP contribution in [0.1, 0.15) is 31.1 Å². The van der Waals surface area contributed by atoms with Crippen LogP contribution in [0.3, 0.4) is 0 Å². The number of hydrogen-bond donors (Lipinski definition) is 0. The molecule has 4 aromatic rings. The van der Waals surface area contributed by atoms with Gasteiger partial charge in [0.25, 0.3) is 23.5 Å². The van der Waals surface area contributed by atoms with Crippen molar-refractivity contribution in [3.63, 3.8) is 0 Å². The fraction of sp³-hybridized carbons (Fsp3) is 0.143. The van der Waals surface area contributed by atoms with Gasteiger partial charge < -0.3 is 9.80 Å². The average molecular weight is 534 g/mol. The zero-order valence-corrected chi connectivity index (χ0v) is 21.1. The van der Waals surface area contributed by atoms with Gasteiger partial charge in [0, 0.05) is 37.8 Å². The average Bonchev–Trinajstić information content (AvgIpc) is 3.32. The van der Waals surface area contributed by atoms with Crippen molar-refractivity contribution in [3.8, 4) is 0 Å². The quantitative estimate of drug-likeness (QED) is 0.278. The molecule has 0 saturated carbocycles. The third-order valence-corrected chi connectivity index (χ3v) is 7.09. The lowest BCUT2D eigenvalue weighted by atomic mass is 10.1. The maximum atomic E-state index is 13.3. The number of rotatable bonds is 4. The first kappa shape index (κ1) is 24.7. The topological polar surface area (TPSA) is 79.7 Å². The van der Waals surface area contributed by atoms with E-state index in [0.29, 0.717) is 26.5 Å². The SMILES string of the molecule is O=C(C(=O)N1CCN(C(=O)c2ccccc2Cl)CC1)c1cn(C(=O)c2ccccc2Cl)c2ccccc12. The van der Waals surface area contributed by atoms with Gasteiger partial charge in [-0.2, -0.15) is 0 Å². The van der Waals surface area contributed by atoms with Gasteiger partial charge in [-0.3, -0.25) is 23.7 Å². The third-order valence-electron chi connectivity index (χ3n) is 6.43. The Balaban J connectivity index is 1.36. The molecule has 0 atom stereocenters. The molecule has 0 aliphatic carbocycles. The van der Waals surface area contributed by atoms with E-state index in [9.17, 15) is 19.2 Å². The summed E-state index contributed by atoms with van der Waals surface area (Å²) >= 11 is 12.4. The zero-order valence-electron chi connectivity index (χ0n) is 19.6. The van der Waals surface area contributed by atoms with Crippen molar-refractivity contribution in [2.75, 3.05) is 26.2 Å².